The van der Waals surface area contributed by atoms with E-state index in [1.807, 2.05) is 35.2 Å². The Bertz CT molecular complexity index is 802. The van der Waals surface area contributed by atoms with Crippen LogP contribution in [0.3, 0.4) is 0 Å². The van der Waals surface area contributed by atoms with Crippen LogP contribution in [0.25, 0.3) is 0 Å². The van der Waals surface area contributed by atoms with E-state index in [0.29, 0.717) is 50.1 Å². The Balaban J connectivity index is 1.26. The summed E-state index contributed by atoms with van der Waals surface area (Å²) in [4.78, 5) is 14.6. The van der Waals surface area contributed by atoms with Gasteiger partial charge in [-0.3, -0.25) is 9.89 Å². The molecule has 156 valence electrons. The summed E-state index contributed by atoms with van der Waals surface area (Å²) < 4.78 is 11.6. The number of halogens is 1. The van der Waals surface area contributed by atoms with Gasteiger partial charge in [0.2, 0.25) is 5.91 Å². The zero-order valence-corrected chi connectivity index (χ0v) is 17.4. The number of morpholine rings is 1. The van der Waals surface area contributed by atoms with Crippen LogP contribution < -0.4 is 4.74 Å². The van der Waals surface area contributed by atoms with E-state index in [1.165, 1.54) is 25.7 Å². The van der Waals surface area contributed by atoms with E-state index in [-0.39, 0.29) is 12.0 Å². The maximum absolute atomic E-state index is 12.7. The molecule has 1 unspecified atom stereocenters. The van der Waals surface area contributed by atoms with E-state index in [9.17, 15) is 4.79 Å². The second kappa shape index (κ2) is 9.63. The van der Waals surface area contributed by atoms with E-state index in [0.717, 1.165) is 17.1 Å². The highest BCUT2D eigenvalue weighted by Gasteiger charge is 2.29. The first kappa shape index (κ1) is 20.2. The molecule has 1 aromatic heterocycles. The number of aromatic amines is 1. The highest BCUT2D eigenvalue weighted by molar-refractivity contribution is 6.30. The van der Waals surface area contributed by atoms with Gasteiger partial charge in [0, 0.05) is 30.1 Å². The van der Waals surface area contributed by atoms with E-state index in [4.69, 9.17) is 21.1 Å². The molecule has 1 N–H and O–H groups in total. The molecule has 29 heavy (non-hydrogen) atoms. The molecule has 6 nitrogen and oxygen atoms in total. The normalized spacial score (nSPS) is 20.2. The molecule has 1 saturated carbocycles. The lowest BCUT2D eigenvalue weighted by molar-refractivity contribution is -0.140. The van der Waals surface area contributed by atoms with Crippen LogP contribution in [0.5, 0.6) is 5.75 Å². The lowest BCUT2D eigenvalue weighted by atomic mass is 10.0. The molecule has 0 radical (unpaired) electrons. The van der Waals surface area contributed by atoms with Gasteiger partial charge in [-0.2, -0.15) is 5.10 Å². The van der Waals surface area contributed by atoms with Gasteiger partial charge in [-0.15, -0.1) is 0 Å². The van der Waals surface area contributed by atoms with Crippen LogP contribution in [0.4, 0.5) is 0 Å². The minimum Gasteiger partial charge on any atom is -0.493 e. The lowest BCUT2D eigenvalue weighted by Crippen LogP contribution is -2.42. The van der Waals surface area contributed by atoms with Crippen LogP contribution in [0.15, 0.2) is 30.3 Å². The Morgan fingerprint density at radius 2 is 2.07 bits per heavy atom. The highest BCUT2D eigenvalue weighted by atomic mass is 35.5. The van der Waals surface area contributed by atoms with Gasteiger partial charge in [0.05, 0.1) is 25.5 Å². The highest BCUT2D eigenvalue weighted by Crippen LogP contribution is 2.29. The standard InChI is InChI=1S/C22H28ClN3O3/c23-17-5-7-19(8-6-17)28-11-9-18-14-20(25-24-18)21-15-26(10-12-29-21)22(27)13-16-3-1-2-4-16/h5-8,14,16,21H,1-4,9-13,15H2,(H,24,25). The van der Waals surface area contributed by atoms with Crippen LogP contribution >= 0.6 is 11.6 Å². The van der Waals surface area contributed by atoms with Crippen molar-refractivity contribution in [1.82, 2.24) is 15.1 Å². The molecule has 2 heterocycles. The number of rotatable bonds is 7. The van der Waals surface area contributed by atoms with Gasteiger partial charge < -0.3 is 14.4 Å². The zero-order chi connectivity index (χ0) is 20.1. The van der Waals surface area contributed by atoms with Gasteiger partial charge in [-0.05, 0) is 49.1 Å². The average molecular weight is 418 g/mol. The molecule has 1 atom stereocenters. The molecule has 1 aliphatic heterocycles. The van der Waals surface area contributed by atoms with Crippen molar-refractivity contribution in [2.24, 2.45) is 5.92 Å². The van der Waals surface area contributed by atoms with E-state index in [2.05, 4.69) is 10.2 Å². The number of hydrogen-bond donors (Lipinski definition) is 1. The summed E-state index contributed by atoms with van der Waals surface area (Å²) in [6.07, 6.45) is 6.15. The van der Waals surface area contributed by atoms with Gasteiger partial charge in [0.25, 0.3) is 0 Å². The molecule has 7 heteroatoms. The van der Waals surface area contributed by atoms with Crippen LogP contribution in [0.2, 0.25) is 5.02 Å². The first-order chi connectivity index (χ1) is 14.2. The maximum Gasteiger partial charge on any atom is 0.223 e. The number of nitrogens with one attached hydrogen (secondary N) is 1. The number of ether oxygens (including phenoxy) is 2. The molecule has 4 rings (SSSR count). The largest absolute Gasteiger partial charge is 0.493 e. The van der Waals surface area contributed by atoms with E-state index < -0.39 is 0 Å². The number of amides is 1. The monoisotopic (exact) mass is 417 g/mol. The van der Waals surface area contributed by atoms with Gasteiger partial charge in [0.15, 0.2) is 0 Å². The van der Waals surface area contributed by atoms with Crippen molar-refractivity contribution in [3.05, 3.63) is 46.7 Å². The predicted octanol–water partition coefficient (Wildman–Crippen LogP) is 4.16. The summed E-state index contributed by atoms with van der Waals surface area (Å²) in [5.41, 5.74) is 1.84. The summed E-state index contributed by atoms with van der Waals surface area (Å²) in [6, 6.07) is 9.35. The van der Waals surface area contributed by atoms with E-state index >= 15 is 0 Å². The Morgan fingerprint density at radius 1 is 1.28 bits per heavy atom. The second-order valence-corrected chi connectivity index (χ2v) is 8.36. The summed E-state index contributed by atoms with van der Waals surface area (Å²) in [5, 5.41) is 8.17. The maximum atomic E-state index is 12.7. The number of nitrogens with zero attached hydrogens (tertiary/aromatic N) is 2. The fourth-order valence-corrected chi connectivity index (χ4v) is 4.25. The van der Waals surface area contributed by atoms with Crippen LogP contribution in [-0.2, 0) is 16.0 Å². The Hall–Kier alpha value is -2.05. The number of benzene rings is 1. The Morgan fingerprint density at radius 3 is 2.86 bits per heavy atom. The molecule has 0 spiro atoms. The summed E-state index contributed by atoms with van der Waals surface area (Å²) in [7, 11) is 0. The second-order valence-electron chi connectivity index (χ2n) is 7.92. The molecule has 2 aliphatic rings. The predicted molar refractivity (Wildman–Crippen MR) is 111 cm³/mol. The molecule has 1 saturated heterocycles. The third kappa shape index (κ3) is 5.52. The summed E-state index contributed by atoms with van der Waals surface area (Å²) in [5.74, 6) is 1.62. The Labute approximate surface area is 176 Å². The number of hydrogen-bond acceptors (Lipinski definition) is 4. The molecular formula is C22H28ClN3O3. The number of H-pyrrole nitrogens is 1. The van der Waals surface area contributed by atoms with Crippen LogP contribution in [0, 0.1) is 5.92 Å². The molecular weight excluding hydrogens is 390 g/mol. The van der Waals surface area contributed by atoms with Crippen molar-refractivity contribution < 1.29 is 14.3 Å². The third-order valence-corrected chi connectivity index (χ3v) is 6.04. The number of carbonyl (C=O) groups is 1. The van der Waals surface area contributed by atoms with Gasteiger partial charge >= 0.3 is 0 Å². The number of aromatic nitrogens is 2. The van der Waals surface area contributed by atoms with Crippen molar-refractivity contribution in [2.75, 3.05) is 26.3 Å². The number of carbonyl (C=O) groups excluding carboxylic acids is 1. The fourth-order valence-electron chi connectivity index (χ4n) is 4.13. The van der Waals surface area contributed by atoms with Crippen LogP contribution in [0.1, 0.15) is 49.6 Å². The van der Waals surface area contributed by atoms with Gasteiger partial charge in [0.1, 0.15) is 11.9 Å². The van der Waals surface area contributed by atoms with Crippen LogP contribution in [-0.4, -0.2) is 47.3 Å². The van der Waals surface area contributed by atoms with Crippen molar-refractivity contribution in [3.8, 4) is 5.75 Å². The molecule has 0 bridgehead atoms. The fraction of sp³-hybridized carbons (Fsp3) is 0.545. The van der Waals surface area contributed by atoms with Gasteiger partial charge in [-0.25, -0.2) is 0 Å². The SMILES string of the molecule is O=C(CC1CCCC1)N1CCOC(c2cc(CCOc3ccc(Cl)cc3)[nH]n2)C1. The smallest absolute Gasteiger partial charge is 0.223 e. The van der Waals surface area contributed by atoms with Gasteiger partial charge in [-0.1, -0.05) is 24.4 Å². The van der Waals surface area contributed by atoms with Crippen molar-refractivity contribution >= 4 is 17.5 Å². The minimum atomic E-state index is -0.168. The zero-order valence-electron chi connectivity index (χ0n) is 16.6. The minimum absolute atomic E-state index is 0.168. The van der Waals surface area contributed by atoms with Crippen molar-refractivity contribution in [3.63, 3.8) is 0 Å². The Kier molecular flexibility index (Phi) is 6.72. The third-order valence-electron chi connectivity index (χ3n) is 5.79. The summed E-state index contributed by atoms with van der Waals surface area (Å²) >= 11 is 5.88. The molecule has 1 aliphatic carbocycles. The molecule has 1 aromatic carbocycles. The first-order valence-corrected chi connectivity index (χ1v) is 10.9. The molecule has 2 fully saturated rings. The molecule has 1 amide bonds. The molecule has 2 aromatic rings. The van der Waals surface area contributed by atoms with E-state index in [1.54, 1.807) is 0 Å². The summed E-state index contributed by atoms with van der Waals surface area (Å²) in [6.45, 7) is 2.36. The van der Waals surface area contributed by atoms with Crippen molar-refractivity contribution in [1.29, 1.82) is 0 Å². The topological polar surface area (TPSA) is 67.5 Å². The average Bonchev–Trinajstić information content (AvgIpc) is 3.42. The first-order valence-electron chi connectivity index (χ1n) is 10.5. The lowest BCUT2D eigenvalue weighted by Gasteiger charge is -2.32. The van der Waals surface area contributed by atoms with Crippen molar-refractivity contribution in [2.45, 2.75) is 44.6 Å². The quantitative estimate of drug-likeness (QED) is 0.734.